The molecule has 0 saturated carbocycles. The average Bonchev–Trinajstić information content (AvgIpc) is 3.40. The van der Waals surface area contributed by atoms with Crippen molar-refractivity contribution < 1.29 is 4.52 Å². The summed E-state index contributed by atoms with van der Waals surface area (Å²) < 4.78 is 8.18. The summed E-state index contributed by atoms with van der Waals surface area (Å²) in [7, 11) is 0. The highest BCUT2D eigenvalue weighted by Crippen LogP contribution is 2.28. The van der Waals surface area contributed by atoms with Crippen molar-refractivity contribution >= 4 is 38.7 Å². The predicted octanol–water partition coefficient (Wildman–Crippen LogP) is 4.92. The molecule has 2 aromatic carbocycles. The van der Waals surface area contributed by atoms with Gasteiger partial charge in [-0.2, -0.15) is 10.1 Å². The van der Waals surface area contributed by atoms with Crippen LogP contribution in [0.3, 0.4) is 0 Å². The molecule has 0 aliphatic heterocycles. The molecule has 0 radical (unpaired) electrons. The van der Waals surface area contributed by atoms with E-state index in [0.717, 1.165) is 31.8 Å². The summed E-state index contributed by atoms with van der Waals surface area (Å²) in [6.45, 7) is 0. The second-order valence-corrected chi connectivity index (χ2v) is 8.00. The van der Waals surface area contributed by atoms with Gasteiger partial charge < -0.3 is 4.52 Å². The first kappa shape index (κ1) is 18.0. The molecule has 0 unspecified atom stereocenters. The zero-order chi connectivity index (χ0) is 19.6. The van der Waals surface area contributed by atoms with Crippen molar-refractivity contribution in [3.8, 4) is 17.1 Å². The Bertz CT molecular complexity index is 1290. The van der Waals surface area contributed by atoms with Gasteiger partial charge in [0.2, 0.25) is 11.7 Å². The number of nitrogens with zero attached hydrogens (tertiary/aromatic N) is 6. The molecule has 3 heterocycles. The van der Waals surface area contributed by atoms with Gasteiger partial charge in [-0.15, -0.1) is 0 Å². The Kier molecular flexibility index (Phi) is 4.82. The molecule has 0 spiro atoms. The van der Waals surface area contributed by atoms with Crippen LogP contribution in [-0.4, -0.2) is 29.9 Å². The predicted molar refractivity (Wildman–Crippen MR) is 114 cm³/mol. The fraction of sp³-hybridized carbons (Fsp3) is 0.0500. The van der Waals surface area contributed by atoms with Crippen LogP contribution < -0.4 is 0 Å². The number of hydrogen-bond donors (Lipinski definition) is 0. The minimum atomic E-state index is 0.504. The molecule has 29 heavy (non-hydrogen) atoms. The fourth-order valence-corrected chi connectivity index (χ4v) is 4.08. The third kappa shape index (κ3) is 3.66. The van der Waals surface area contributed by atoms with Crippen molar-refractivity contribution in [1.29, 1.82) is 0 Å². The third-order valence-corrected chi connectivity index (χ3v) is 5.70. The van der Waals surface area contributed by atoms with Crippen LogP contribution in [0.2, 0.25) is 0 Å². The summed E-state index contributed by atoms with van der Waals surface area (Å²) in [5, 5.41) is 10.3. The van der Waals surface area contributed by atoms with Gasteiger partial charge in [0.25, 0.3) is 0 Å². The number of aromatic nitrogens is 6. The molecule has 0 saturated heterocycles. The van der Waals surface area contributed by atoms with E-state index in [1.807, 2.05) is 54.6 Å². The maximum absolute atomic E-state index is 5.41. The number of thioether (sulfide) groups is 1. The van der Waals surface area contributed by atoms with E-state index in [0.29, 0.717) is 17.5 Å². The summed E-state index contributed by atoms with van der Waals surface area (Å²) in [6.07, 6.45) is 3.33. The van der Waals surface area contributed by atoms with E-state index in [-0.39, 0.29) is 0 Å². The quantitative estimate of drug-likeness (QED) is 0.269. The lowest BCUT2D eigenvalue weighted by molar-refractivity contribution is 0.391. The van der Waals surface area contributed by atoms with Gasteiger partial charge in [0.15, 0.2) is 5.65 Å². The minimum absolute atomic E-state index is 0.504. The lowest BCUT2D eigenvalue weighted by atomic mass is 10.2. The second kappa shape index (κ2) is 7.76. The monoisotopic (exact) mass is 464 g/mol. The van der Waals surface area contributed by atoms with Crippen LogP contribution in [0, 0.1) is 0 Å². The Morgan fingerprint density at radius 3 is 2.79 bits per heavy atom. The molecule has 0 atom stereocenters. The first-order valence-electron chi connectivity index (χ1n) is 8.73. The normalized spacial score (nSPS) is 11.2. The lowest BCUT2D eigenvalue weighted by Crippen LogP contribution is -1.97. The van der Waals surface area contributed by atoms with E-state index in [1.54, 1.807) is 17.2 Å². The highest BCUT2D eigenvalue weighted by molar-refractivity contribution is 9.10. The maximum Gasteiger partial charge on any atom is 0.237 e. The van der Waals surface area contributed by atoms with E-state index in [2.05, 4.69) is 41.1 Å². The number of benzene rings is 2. The molecule has 5 aromatic rings. The van der Waals surface area contributed by atoms with Gasteiger partial charge in [-0.3, -0.25) is 0 Å². The molecule has 9 heteroatoms. The maximum atomic E-state index is 5.41. The van der Waals surface area contributed by atoms with Gasteiger partial charge in [0.1, 0.15) is 11.4 Å². The molecule has 0 fully saturated rings. The molecule has 5 rings (SSSR count). The van der Waals surface area contributed by atoms with Crippen molar-refractivity contribution in [1.82, 2.24) is 29.9 Å². The Morgan fingerprint density at radius 1 is 1.03 bits per heavy atom. The van der Waals surface area contributed by atoms with E-state index in [4.69, 9.17) is 4.52 Å². The summed E-state index contributed by atoms with van der Waals surface area (Å²) in [4.78, 5) is 13.3. The average molecular weight is 465 g/mol. The van der Waals surface area contributed by atoms with Crippen molar-refractivity contribution in [2.45, 2.75) is 10.8 Å². The van der Waals surface area contributed by atoms with Crippen LogP contribution in [0.4, 0.5) is 0 Å². The number of halogens is 1. The summed E-state index contributed by atoms with van der Waals surface area (Å²) in [5.41, 5.74) is 2.61. The minimum Gasteiger partial charge on any atom is -0.338 e. The molecule has 0 amide bonds. The molecule has 142 valence electrons. The Labute approximate surface area is 178 Å². The van der Waals surface area contributed by atoms with Crippen LogP contribution in [0.15, 0.2) is 81.1 Å². The van der Waals surface area contributed by atoms with Crippen LogP contribution in [0.5, 0.6) is 0 Å². The van der Waals surface area contributed by atoms with E-state index < -0.39 is 0 Å². The topological polar surface area (TPSA) is 82.5 Å². The van der Waals surface area contributed by atoms with Crippen LogP contribution in [0.25, 0.3) is 28.1 Å². The van der Waals surface area contributed by atoms with Gasteiger partial charge >= 0.3 is 0 Å². The molecular weight excluding hydrogens is 452 g/mol. The molecular formula is C20H13BrN6OS. The van der Waals surface area contributed by atoms with Gasteiger partial charge in [-0.05, 0) is 24.3 Å². The molecule has 0 bridgehead atoms. The Morgan fingerprint density at radius 2 is 1.93 bits per heavy atom. The van der Waals surface area contributed by atoms with Gasteiger partial charge in [0, 0.05) is 10.0 Å². The Balaban J connectivity index is 1.38. The zero-order valence-corrected chi connectivity index (χ0v) is 17.3. The first-order valence-corrected chi connectivity index (χ1v) is 10.5. The molecule has 0 N–H and O–H groups in total. The summed E-state index contributed by atoms with van der Waals surface area (Å²) >= 11 is 4.97. The standard InChI is InChI=1S/C20H13BrN6OS/c21-14-6-4-5-13(9-14)18-25-17(28-26-18)11-29-20-16-10-24-27(19(16)22-12-23-20)15-7-2-1-3-8-15/h1-10,12H,11H2. The fourth-order valence-electron chi connectivity index (χ4n) is 2.88. The third-order valence-electron chi connectivity index (χ3n) is 4.21. The molecule has 0 aliphatic carbocycles. The van der Waals surface area contributed by atoms with Crippen molar-refractivity contribution in [2.75, 3.05) is 0 Å². The van der Waals surface area contributed by atoms with Crippen molar-refractivity contribution in [3.05, 3.63) is 77.5 Å². The van der Waals surface area contributed by atoms with E-state index in [1.165, 1.54) is 11.8 Å². The highest BCUT2D eigenvalue weighted by atomic mass is 79.9. The summed E-state index contributed by atoms with van der Waals surface area (Å²) in [6, 6.07) is 17.7. The smallest absolute Gasteiger partial charge is 0.237 e. The van der Waals surface area contributed by atoms with Gasteiger partial charge in [0.05, 0.1) is 23.0 Å². The van der Waals surface area contributed by atoms with E-state index >= 15 is 0 Å². The number of para-hydroxylation sites is 1. The van der Waals surface area contributed by atoms with E-state index in [9.17, 15) is 0 Å². The molecule has 0 aliphatic rings. The molecule has 3 aromatic heterocycles. The summed E-state index contributed by atoms with van der Waals surface area (Å²) in [5.74, 6) is 1.60. The largest absolute Gasteiger partial charge is 0.338 e. The SMILES string of the molecule is Brc1cccc(-c2noc(CSc3ncnc4c3cnn4-c3ccccc3)n2)c1. The van der Waals surface area contributed by atoms with Crippen LogP contribution in [-0.2, 0) is 5.75 Å². The lowest BCUT2D eigenvalue weighted by Gasteiger charge is -2.03. The first-order chi connectivity index (χ1) is 14.3. The number of hydrogen-bond acceptors (Lipinski definition) is 7. The van der Waals surface area contributed by atoms with Crippen molar-refractivity contribution in [3.63, 3.8) is 0 Å². The Hall–Kier alpha value is -3.04. The van der Waals surface area contributed by atoms with Gasteiger partial charge in [-0.1, -0.05) is 63.2 Å². The van der Waals surface area contributed by atoms with Crippen LogP contribution in [0.1, 0.15) is 5.89 Å². The highest BCUT2D eigenvalue weighted by Gasteiger charge is 2.14. The second-order valence-electron chi connectivity index (χ2n) is 6.12. The van der Waals surface area contributed by atoms with Crippen LogP contribution >= 0.6 is 27.7 Å². The number of rotatable bonds is 5. The van der Waals surface area contributed by atoms with Crippen molar-refractivity contribution in [2.24, 2.45) is 0 Å². The molecule has 7 nitrogen and oxygen atoms in total. The van der Waals surface area contributed by atoms with Gasteiger partial charge in [-0.25, -0.2) is 14.6 Å². The zero-order valence-electron chi connectivity index (χ0n) is 14.9. The number of fused-ring (bicyclic) bond motifs is 1.